The van der Waals surface area contributed by atoms with Crippen molar-refractivity contribution in [3.63, 3.8) is 0 Å². The molecule has 0 amide bonds. The Morgan fingerprint density at radius 3 is 2.45 bits per heavy atom. The summed E-state index contributed by atoms with van der Waals surface area (Å²) in [5.41, 5.74) is 11.1. The van der Waals surface area contributed by atoms with E-state index in [9.17, 15) is 0 Å². The first-order chi connectivity index (χ1) is 9.49. The van der Waals surface area contributed by atoms with E-state index in [2.05, 4.69) is 50.5 Å². The third kappa shape index (κ3) is 2.11. The summed E-state index contributed by atoms with van der Waals surface area (Å²) in [5, 5.41) is 0. The van der Waals surface area contributed by atoms with Gasteiger partial charge in [-0.25, -0.2) is 4.98 Å². The molecule has 1 saturated carbocycles. The van der Waals surface area contributed by atoms with Gasteiger partial charge in [0.2, 0.25) is 0 Å². The second-order valence-electron chi connectivity index (χ2n) is 6.26. The van der Waals surface area contributed by atoms with E-state index in [1.165, 1.54) is 24.0 Å². The summed E-state index contributed by atoms with van der Waals surface area (Å²) in [6.07, 6.45) is 2.46. The standard InChI is InChI=1S/C17H23N3/c1-10(2)17-19-15(16(18)20(17)14-7-8-14)13-6-5-11(3)12(4)9-13/h5-6,9-10,14H,7-8,18H2,1-4H3. The van der Waals surface area contributed by atoms with Gasteiger partial charge in [-0.05, 0) is 43.9 Å². The van der Waals surface area contributed by atoms with Crippen LogP contribution >= 0.6 is 0 Å². The van der Waals surface area contributed by atoms with Crippen LogP contribution in [0.3, 0.4) is 0 Å². The SMILES string of the molecule is Cc1ccc(-c2nc(C(C)C)n(C3CC3)c2N)cc1C. The molecule has 1 aromatic heterocycles. The Labute approximate surface area is 120 Å². The van der Waals surface area contributed by atoms with Crippen molar-refractivity contribution in [3.8, 4) is 11.3 Å². The minimum atomic E-state index is 0.401. The molecular formula is C17H23N3. The topological polar surface area (TPSA) is 43.8 Å². The largest absolute Gasteiger partial charge is 0.383 e. The average molecular weight is 269 g/mol. The molecule has 1 aliphatic carbocycles. The molecule has 106 valence electrons. The molecule has 0 saturated heterocycles. The fourth-order valence-electron chi connectivity index (χ4n) is 2.69. The first-order valence-corrected chi connectivity index (χ1v) is 7.44. The highest BCUT2D eigenvalue weighted by atomic mass is 15.2. The Balaban J connectivity index is 2.13. The fraction of sp³-hybridized carbons (Fsp3) is 0.471. The van der Waals surface area contributed by atoms with E-state index in [0.29, 0.717) is 12.0 Å². The van der Waals surface area contributed by atoms with E-state index in [-0.39, 0.29) is 0 Å². The van der Waals surface area contributed by atoms with Gasteiger partial charge in [-0.1, -0.05) is 26.0 Å². The summed E-state index contributed by atoms with van der Waals surface area (Å²) >= 11 is 0. The predicted octanol–water partition coefficient (Wildman–Crippen LogP) is 4.21. The molecule has 1 fully saturated rings. The monoisotopic (exact) mass is 269 g/mol. The van der Waals surface area contributed by atoms with Gasteiger partial charge < -0.3 is 10.3 Å². The summed E-state index contributed by atoms with van der Waals surface area (Å²) in [7, 11) is 0. The van der Waals surface area contributed by atoms with Crippen LogP contribution in [0.1, 0.15) is 55.6 Å². The maximum atomic E-state index is 6.40. The molecule has 20 heavy (non-hydrogen) atoms. The second-order valence-corrected chi connectivity index (χ2v) is 6.26. The molecule has 3 heteroatoms. The summed E-state index contributed by atoms with van der Waals surface area (Å²) in [4.78, 5) is 4.85. The Kier molecular flexibility index (Phi) is 3.08. The first-order valence-electron chi connectivity index (χ1n) is 7.44. The highest BCUT2D eigenvalue weighted by molar-refractivity contribution is 5.72. The summed E-state index contributed by atoms with van der Waals surface area (Å²) in [5.74, 6) is 2.36. The van der Waals surface area contributed by atoms with E-state index in [1.54, 1.807) is 0 Å². The number of nitrogens with two attached hydrogens (primary N) is 1. The van der Waals surface area contributed by atoms with Crippen molar-refractivity contribution in [2.45, 2.75) is 52.5 Å². The molecule has 1 heterocycles. The third-order valence-corrected chi connectivity index (χ3v) is 4.18. The van der Waals surface area contributed by atoms with Crippen LogP contribution in [-0.2, 0) is 0 Å². The van der Waals surface area contributed by atoms with Gasteiger partial charge in [-0.15, -0.1) is 0 Å². The number of imidazole rings is 1. The summed E-state index contributed by atoms with van der Waals surface area (Å²) in [6.45, 7) is 8.64. The molecule has 0 radical (unpaired) electrons. The van der Waals surface area contributed by atoms with Gasteiger partial charge in [0.15, 0.2) is 0 Å². The van der Waals surface area contributed by atoms with Crippen LogP contribution in [-0.4, -0.2) is 9.55 Å². The van der Waals surface area contributed by atoms with Gasteiger partial charge in [0, 0.05) is 17.5 Å². The second kappa shape index (κ2) is 4.65. The smallest absolute Gasteiger partial charge is 0.132 e. The molecule has 2 aromatic rings. The number of hydrogen-bond acceptors (Lipinski definition) is 2. The van der Waals surface area contributed by atoms with Gasteiger partial charge in [0.25, 0.3) is 0 Å². The van der Waals surface area contributed by atoms with E-state index in [1.807, 2.05) is 0 Å². The molecular weight excluding hydrogens is 246 g/mol. The molecule has 3 rings (SSSR count). The maximum Gasteiger partial charge on any atom is 0.132 e. The van der Waals surface area contributed by atoms with Crippen LogP contribution in [0.15, 0.2) is 18.2 Å². The molecule has 1 aromatic carbocycles. The molecule has 1 aliphatic rings. The summed E-state index contributed by atoms with van der Waals surface area (Å²) in [6, 6.07) is 7.03. The number of hydrogen-bond donors (Lipinski definition) is 1. The van der Waals surface area contributed by atoms with Gasteiger partial charge >= 0.3 is 0 Å². The highest BCUT2D eigenvalue weighted by Gasteiger charge is 2.30. The van der Waals surface area contributed by atoms with Crippen molar-refractivity contribution in [2.75, 3.05) is 5.73 Å². The van der Waals surface area contributed by atoms with Crippen molar-refractivity contribution in [3.05, 3.63) is 35.2 Å². The van der Waals surface area contributed by atoms with E-state index in [4.69, 9.17) is 10.7 Å². The fourth-order valence-corrected chi connectivity index (χ4v) is 2.69. The lowest BCUT2D eigenvalue weighted by Gasteiger charge is -2.10. The van der Waals surface area contributed by atoms with Crippen LogP contribution < -0.4 is 5.73 Å². The molecule has 0 spiro atoms. The van der Waals surface area contributed by atoms with Crippen molar-refractivity contribution < 1.29 is 0 Å². The van der Waals surface area contributed by atoms with Crippen molar-refractivity contribution in [2.24, 2.45) is 0 Å². The lowest BCUT2D eigenvalue weighted by molar-refractivity contribution is 0.646. The zero-order valence-corrected chi connectivity index (χ0v) is 12.8. The number of nitrogen functional groups attached to an aromatic ring is 1. The predicted molar refractivity (Wildman–Crippen MR) is 83.9 cm³/mol. The van der Waals surface area contributed by atoms with Crippen LogP contribution in [0.2, 0.25) is 0 Å². The Morgan fingerprint density at radius 2 is 1.90 bits per heavy atom. The lowest BCUT2D eigenvalue weighted by atomic mass is 10.0. The van der Waals surface area contributed by atoms with Gasteiger partial charge in [-0.2, -0.15) is 0 Å². The Hall–Kier alpha value is -1.77. The van der Waals surface area contributed by atoms with E-state index < -0.39 is 0 Å². The van der Waals surface area contributed by atoms with Crippen LogP contribution in [0, 0.1) is 13.8 Å². The molecule has 0 bridgehead atoms. The molecule has 0 atom stereocenters. The minimum Gasteiger partial charge on any atom is -0.383 e. The average Bonchev–Trinajstić information content (AvgIpc) is 3.16. The molecule has 2 N–H and O–H groups in total. The number of anilines is 1. The summed E-state index contributed by atoms with van der Waals surface area (Å²) < 4.78 is 2.26. The van der Waals surface area contributed by atoms with Crippen molar-refractivity contribution in [1.82, 2.24) is 9.55 Å². The minimum absolute atomic E-state index is 0.401. The molecule has 3 nitrogen and oxygen atoms in total. The van der Waals surface area contributed by atoms with Gasteiger partial charge in [-0.3, -0.25) is 0 Å². The lowest BCUT2D eigenvalue weighted by Crippen LogP contribution is -2.06. The Bertz CT molecular complexity index is 648. The highest BCUT2D eigenvalue weighted by Crippen LogP contribution is 2.42. The Morgan fingerprint density at radius 1 is 1.20 bits per heavy atom. The van der Waals surface area contributed by atoms with E-state index in [0.717, 1.165) is 22.9 Å². The molecule has 0 aliphatic heterocycles. The van der Waals surface area contributed by atoms with Crippen LogP contribution in [0.5, 0.6) is 0 Å². The quantitative estimate of drug-likeness (QED) is 0.907. The number of benzene rings is 1. The first kappa shape index (κ1) is 13.2. The van der Waals surface area contributed by atoms with E-state index >= 15 is 0 Å². The van der Waals surface area contributed by atoms with Gasteiger partial charge in [0.05, 0.1) is 0 Å². The third-order valence-electron chi connectivity index (χ3n) is 4.18. The van der Waals surface area contributed by atoms with Crippen LogP contribution in [0.25, 0.3) is 11.3 Å². The van der Waals surface area contributed by atoms with Crippen molar-refractivity contribution >= 4 is 5.82 Å². The zero-order valence-electron chi connectivity index (χ0n) is 12.8. The number of rotatable bonds is 3. The number of aromatic nitrogens is 2. The van der Waals surface area contributed by atoms with Crippen LogP contribution in [0.4, 0.5) is 5.82 Å². The number of aryl methyl sites for hydroxylation is 2. The maximum absolute atomic E-state index is 6.40. The zero-order chi connectivity index (χ0) is 14.4. The van der Waals surface area contributed by atoms with Gasteiger partial charge in [0.1, 0.15) is 17.3 Å². The number of nitrogens with zero attached hydrogens (tertiary/aromatic N) is 2. The molecule has 0 unspecified atom stereocenters. The normalized spacial score (nSPS) is 15.1. The van der Waals surface area contributed by atoms with Crippen molar-refractivity contribution in [1.29, 1.82) is 0 Å².